The molecule has 5 aromatic rings. The molecule has 0 saturated carbocycles. The van der Waals surface area contributed by atoms with Crippen LogP contribution in [0.4, 0.5) is 0 Å². The molecule has 176 valence electrons. The van der Waals surface area contributed by atoms with Gasteiger partial charge < -0.3 is 9.88 Å². The minimum atomic E-state index is 0.291. The molecule has 0 fully saturated rings. The molecule has 2 aliphatic rings. The smallest absolute Gasteiger partial charge is 0.161 e. The van der Waals surface area contributed by atoms with Crippen LogP contribution in [0, 0.1) is 5.92 Å². The number of thiophene rings is 1. The van der Waals surface area contributed by atoms with Gasteiger partial charge in [-0.2, -0.15) is 5.10 Å². The van der Waals surface area contributed by atoms with E-state index in [-0.39, 0.29) is 0 Å². The average Bonchev–Trinajstić information content (AvgIpc) is 3.59. The fourth-order valence-electron chi connectivity index (χ4n) is 4.70. The monoisotopic (exact) mass is 489 g/mol. The Labute approximate surface area is 211 Å². The summed E-state index contributed by atoms with van der Waals surface area (Å²) in [6.07, 6.45) is 15.1. The summed E-state index contributed by atoms with van der Waals surface area (Å²) in [7, 11) is 2.12. The van der Waals surface area contributed by atoms with Gasteiger partial charge in [-0.1, -0.05) is 25.2 Å². The number of allylic oxidation sites excluding steroid dienone is 5. The zero-order valence-electron chi connectivity index (χ0n) is 19.9. The van der Waals surface area contributed by atoms with Gasteiger partial charge in [-0.3, -0.25) is 10.1 Å². The lowest BCUT2D eigenvalue weighted by Crippen LogP contribution is -2.16. The van der Waals surface area contributed by atoms with Crippen LogP contribution in [0.15, 0.2) is 72.6 Å². The Morgan fingerprint density at radius 2 is 1.92 bits per heavy atom. The Bertz CT molecular complexity index is 1760. The Morgan fingerprint density at radius 1 is 1.00 bits per heavy atom. The van der Waals surface area contributed by atoms with Crippen molar-refractivity contribution in [3.8, 4) is 22.1 Å². The number of nitrogens with zero attached hydrogens (tertiary/aromatic N) is 5. The van der Waals surface area contributed by atoms with Gasteiger partial charge in [0.25, 0.3) is 0 Å². The van der Waals surface area contributed by atoms with Crippen LogP contribution in [0.5, 0.6) is 0 Å². The van der Waals surface area contributed by atoms with Crippen LogP contribution in [-0.4, -0.2) is 48.6 Å². The zero-order chi connectivity index (χ0) is 24.2. The topological polar surface area (TPSA) is 86.4 Å². The van der Waals surface area contributed by atoms with Gasteiger partial charge in [0.05, 0.1) is 21.6 Å². The summed E-state index contributed by atoms with van der Waals surface area (Å²) in [5, 5.41) is 7.72. The lowest BCUT2D eigenvalue weighted by molar-refractivity contribution is 0.480. The Kier molecular flexibility index (Phi) is 4.75. The van der Waals surface area contributed by atoms with Gasteiger partial charge >= 0.3 is 0 Å². The molecule has 1 aliphatic heterocycles. The number of hydrogen-bond donors (Lipinski definition) is 2. The van der Waals surface area contributed by atoms with Crippen molar-refractivity contribution in [2.45, 2.75) is 6.92 Å². The molecule has 1 atom stereocenters. The van der Waals surface area contributed by atoms with Gasteiger partial charge in [0.1, 0.15) is 16.7 Å². The Morgan fingerprint density at radius 3 is 2.86 bits per heavy atom. The molecule has 7 rings (SSSR count). The van der Waals surface area contributed by atoms with Crippen LogP contribution >= 0.6 is 11.3 Å². The first-order chi connectivity index (χ1) is 17.6. The second-order valence-corrected chi connectivity index (χ2v) is 10.3. The minimum Gasteiger partial charge on any atom is -0.371 e. The summed E-state index contributed by atoms with van der Waals surface area (Å²) in [4.78, 5) is 22.6. The van der Waals surface area contributed by atoms with E-state index in [1.54, 1.807) is 11.3 Å². The maximum absolute atomic E-state index is 5.06. The average molecular weight is 490 g/mol. The van der Waals surface area contributed by atoms with Crippen molar-refractivity contribution >= 4 is 45.1 Å². The predicted molar refractivity (Wildman–Crippen MR) is 146 cm³/mol. The summed E-state index contributed by atoms with van der Waals surface area (Å²) < 4.78 is 0. The van der Waals surface area contributed by atoms with Crippen LogP contribution < -0.4 is 0 Å². The second kappa shape index (κ2) is 8.13. The summed E-state index contributed by atoms with van der Waals surface area (Å²) >= 11 is 1.71. The Balaban J connectivity index is 1.48. The van der Waals surface area contributed by atoms with Crippen molar-refractivity contribution in [2.24, 2.45) is 5.92 Å². The van der Waals surface area contributed by atoms with Gasteiger partial charge in [0.15, 0.2) is 11.5 Å². The highest BCUT2D eigenvalue weighted by Gasteiger charge is 2.19. The Hall–Kier alpha value is -4.30. The molecule has 0 spiro atoms. The molecule has 8 heteroatoms. The third-order valence-corrected chi connectivity index (χ3v) is 7.66. The van der Waals surface area contributed by atoms with Crippen LogP contribution in [0.2, 0.25) is 0 Å². The van der Waals surface area contributed by atoms with E-state index in [0.29, 0.717) is 17.4 Å². The first kappa shape index (κ1) is 21.0. The molecule has 8 bridgehead atoms. The number of pyridine rings is 2. The number of H-pyrrole nitrogens is 2. The van der Waals surface area contributed by atoms with Crippen LogP contribution in [0.1, 0.15) is 17.5 Å². The van der Waals surface area contributed by atoms with Crippen LogP contribution in [-0.2, 0) is 0 Å². The van der Waals surface area contributed by atoms with Crippen LogP contribution in [0.25, 0.3) is 55.8 Å². The molecule has 2 N–H and O–H groups in total. The minimum absolute atomic E-state index is 0.291. The standard InChI is InChI=1S/C28H23N7S/c1-16-5-6-18-15-17(14-16)20-8-9-22-25(30-20)27(34-33-22)28-31-21-11-12-29-26(24(21)32-28)23-10-7-19(36-23)4-3-13-35(18)2/h3-12,14-16H,13H2,1-2H3,(H,31,32)(H,33,34)/b4-3+/t16-/m0/s1. The van der Waals surface area contributed by atoms with E-state index in [9.17, 15) is 0 Å². The number of fused-ring (bicyclic) bond motifs is 8. The normalized spacial score (nSPS) is 18.3. The van der Waals surface area contributed by atoms with E-state index >= 15 is 0 Å². The van der Waals surface area contributed by atoms with Gasteiger partial charge in [0.2, 0.25) is 0 Å². The highest BCUT2D eigenvalue weighted by Crippen LogP contribution is 2.34. The molecule has 5 aromatic heterocycles. The van der Waals surface area contributed by atoms with Crippen molar-refractivity contribution in [3.63, 3.8) is 0 Å². The third-order valence-electron chi connectivity index (χ3n) is 6.61. The van der Waals surface area contributed by atoms with E-state index in [4.69, 9.17) is 9.97 Å². The molecule has 0 amide bonds. The second-order valence-electron chi connectivity index (χ2n) is 9.20. The number of hydrogen-bond acceptors (Lipinski definition) is 6. The van der Waals surface area contributed by atoms with Gasteiger partial charge in [-0.25, -0.2) is 9.97 Å². The van der Waals surface area contributed by atoms with Crippen molar-refractivity contribution in [1.29, 1.82) is 0 Å². The lowest BCUT2D eigenvalue weighted by Gasteiger charge is -2.18. The molecule has 0 unspecified atom stereocenters. The van der Waals surface area contributed by atoms with Crippen molar-refractivity contribution in [2.75, 3.05) is 13.6 Å². The van der Waals surface area contributed by atoms with Crippen LogP contribution in [0.3, 0.4) is 0 Å². The maximum Gasteiger partial charge on any atom is 0.161 e. The predicted octanol–water partition coefficient (Wildman–Crippen LogP) is 6.06. The van der Waals surface area contributed by atoms with E-state index in [2.05, 4.69) is 93.7 Å². The molecule has 0 aromatic carbocycles. The molecule has 36 heavy (non-hydrogen) atoms. The number of rotatable bonds is 0. The lowest BCUT2D eigenvalue weighted by atomic mass is 10.1. The zero-order valence-corrected chi connectivity index (χ0v) is 20.7. The summed E-state index contributed by atoms with van der Waals surface area (Å²) in [6.45, 7) is 2.98. The van der Waals surface area contributed by atoms with Crippen molar-refractivity contribution in [3.05, 3.63) is 83.2 Å². The first-order valence-corrected chi connectivity index (χ1v) is 12.7. The largest absolute Gasteiger partial charge is 0.371 e. The summed E-state index contributed by atoms with van der Waals surface area (Å²) in [6, 6.07) is 10.3. The highest BCUT2D eigenvalue weighted by atomic mass is 32.1. The fourth-order valence-corrected chi connectivity index (χ4v) is 5.63. The number of aromatic amines is 2. The number of aromatic nitrogens is 6. The molecule has 0 radical (unpaired) electrons. The number of imidazole rings is 1. The molecule has 0 saturated heterocycles. The highest BCUT2D eigenvalue weighted by molar-refractivity contribution is 7.16. The third kappa shape index (κ3) is 3.49. The molecular formula is C28H23N7S. The van der Waals surface area contributed by atoms with E-state index in [1.807, 2.05) is 18.3 Å². The maximum atomic E-state index is 5.06. The van der Waals surface area contributed by atoms with E-state index in [1.165, 1.54) is 4.88 Å². The summed E-state index contributed by atoms with van der Waals surface area (Å²) in [5.41, 5.74) is 8.12. The van der Waals surface area contributed by atoms with Gasteiger partial charge in [-0.15, -0.1) is 11.3 Å². The quantitative estimate of drug-likeness (QED) is 0.276. The SMILES string of the molecule is C[C@H]1C=CC2=CC(=C1)c1ccc3[nH]nc(c3n1)-c1nc3c(nccc3[nH]1)-c1ccc(s1)/C=C/CN2C. The van der Waals surface area contributed by atoms with Gasteiger partial charge in [0, 0.05) is 30.4 Å². The number of likely N-dealkylation sites (N-methyl/N-ethyl adjacent to an activating group) is 1. The molecule has 6 heterocycles. The van der Waals surface area contributed by atoms with E-state index in [0.717, 1.165) is 56.1 Å². The summed E-state index contributed by atoms with van der Waals surface area (Å²) in [5.74, 6) is 0.965. The molecule has 7 nitrogen and oxygen atoms in total. The van der Waals surface area contributed by atoms with Gasteiger partial charge in [-0.05, 0) is 60.1 Å². The number of nitrogens with one attached hydrogen (secondary N) is 2. The van der Waals surface area contributed by atoms with E-state index < -0.39 is 0 Å². The van der Waals surface area contributed by atoms with Crippen molar-refractivity contribution in [1.82, 2.24) is 35.0 Å². The molecular weight excluding hydrogens is 466 g/mol. The van der Waals surface area contributed by atoms with Crippen molar-refractivity contribution < 1.29 is 0 Å². The first-order valence-electron chi connectivity index (χ1n) is 11.9. The fraction of sp³-hybridized carbons (Fsp3) is 0.143. The molecule has 1 aliphatic carbocycles.